The first-order valence-corrected chi connectivity index (χ1v) is 5.53. The third-order valence-electron chi connectivity index (χ3n) is 3.74. The van der Waals surface area contributed by atoms with Crippen LogP contribution in [0, 0.1) is 17.8 Å². The van der Waals surface area contributed by atoms with Gasteiger partial charge in [-0.25, -0.2) is 0 Å². The van der Waals surface area contributed by atoms with Crippen molar-refractivity contribution in [3.8, 4) is 0 Å². The van der Waals surface area contributed by atoms with Gasteiger partial charge in [-0.05, 0) is 56.4 Å². The summed E-state index contributed by atoms with van der Waals surface area (Å²) in [7, 11) is 0. The summed E-state index contributed by atoms with van der Waals surface area (Å²) in [5, 5.41) is 0. The van der Waals surface area contributed by atoms with E-state index in [0.29, 0.717) is 5.92 Å². The third kappa shape index (κ3) is 1.56. The van der Waals surface area contributed by atoms with E-state index in [1.807, 2.05) is 6.92 Å². The molecule has 0 aliphatic heterocycles. The predicted molar refractivity (Wildman–Crippen MR) is 57.9 cm³/mol. The van der Waals surface area contributed by atoms with Crippen LogP contribution in [0.25, 0.3) is 0 Å². The molecule has 2 rings (SSSR count). The molecule has 0 spiro atoms. The van der Waals surface area contributed by atoms with Crippen LogP contribution in [0.15, 0.2) is 23.3 Å². The Morgan fingerprint density at radius 3 is 2.79 bits per heavy atom. The minimum atomic E-state index is 0.644. The van der Waals surface area contributed by atoms with Crippen LogP contribution < -0.4 is 0 Å². The highest BCUT2D eigenvalue weighted by Crippen LogP contribution is 2.52. The summed E-state index contributed by atoms with van der Waals surface area (Å²) in [4.78, 5) is 10.6. The molecule has 3 atom stereocenters. The highest BCUT2D eigenvalue weighted by molar-refractivity contribution is 5.72. The Labute approximate surface area is 85.9 Å². The highest BCUT2D eigenvalue weighted by Gasteiger charge is 2.41. The lowest BCUT2D eigenvalue weighted by Gasteiger charge is -2.21. The Bertz CT molecular complexity index is 298. The van der Waals surface area contributed by atoms with Crippen LogP contribution in [0.5, 0.6) is 0 Å². The maximum atomic E-state index is 10.6. The van der Waals surface area contributed by atoms with Gasteiger partial charge in [0.05, 0.1) is 0 Å². The molecule has 2 aliphatic rings. The molecule has 0 heterocycles. The number of fused-ring (bicyclic) bond motifs is 2. The van der Waals surface area contributed by atoms with Crippen molar-refractivity contribution >= 4 is 6.29 Å². The van der Waals surface area contributed by atoms with E-state index in [1.54, 1.807) is 5.57 Å². The van der Waals surface area contributed by atoms with Crippen LogP contribution in [0.4, 0.5) is 0 Å². The van der Waals surface area contributed by atoms with Crippen LogP contribution in [0.3, 0.4) is 0 Å². The lowest BCUT2D eigenvalue weighted by molar-refractivity contribution is -0.104. The zero-order chi connectivity index (χ0) is 10.1. The Kier molecular flexibility index (Phi) is 2.58. The zero-order valence-corrected chi connectivity index (χ0v) is 8.99. The largest absolute Gasteiger partial charge is 0.298 e. The van der Waals surface area contributed by atoms with Gasteiger partial charge in [-0.1, -0.05) is 17.7 Å². The molecule has 0 aromatic heterocycles. The first-order valence-electron chi connectivity index (χ1n) is 5.53. The number of carbonyl (C=O) groups is 1. The van der Waals surface area contributed by atoms with E-state index in [0.717, 1.165) is 23.7 Å². The van der Waals surface area contributed by atoms with Gasteiger partial charge in [-0.15, -0.1) is 0 Å². The minimum Gasteiger partial charge on any atom is -0.298 e. The molecule has 0 aromatic carbocycles. The van der Waals surface area contributed by atoms with Crippen molar-refractivity contribution in [2.45, 2.75) is 33.1 Å². The molecule has 2 fully saturated rings. The van der Waals surface area contributed by atoms with Crippen molar-refractivity contribution in [1.29, 1.82) is 0 Å². The van der Waals surface area contributed by atoms with E-state index in [1.165, 1.54) is 19.3 Å². The Balaban J connectivity index is 2.14. The minimum absolute atomic E-state index is 0.644. The summed E-state index contributed by atoms with van der Waals surface area (Å²) >= 11 is 0. The zero-order valence-electron chi connectivity index (χ0n) is 8.99. The molecular weight excluding hydrogens is 172 g/mol. The van der Waals surface area contributed by atoms with Crippen molar-refractivity contribution in [2.75, 3.05) is 0 Å². The molecule has 2 saturated carbocycles. The predicted octanol–water partition coefficient (Wildman–Crippen LogP) is 3.12. The van der Waals surface area contributed by atoms with E-state index in [4.69, 9.17) is 0 Å². The average molecular weight is 190 g/mol. The molecule has 3 unspecified atom stereocenters. The summed E-state index contributed by atoms with van der Waals surface area (Å²) in [5.74, 6) is 2.29. The molecule has 0 amide bonds. The van der Waals surface area contributed by atoms with Crippen LogP contribution >= 0.6 is 0 Å². The Morgan fingerprint density at radius 2 is 2.21 bits per heavy atom. The van der Waals surface area contributed by atoms with Gasteiger partial charge in [0.1, 0.15) is 6.29 Å². The van der Waals surface area contributed by atoms with Crippen molar-refractivity contribution in [1.82, 2.24) is 0 Å². The highest BCUT2D eigenvalue weighted by atomic mass is 16.1. The van der Waals surface area contributed by atoms with E-state index in [9.17, 15) is 4.79 Å². The normalized spacial score (nSPS) is 39.4. The second-order valence-electron chi connectivity index (χ2n) is 4.70. The molecule has 76 valence electrons. The van der Waals surface area contributed by atoms with E-state index in [-0.39, 0.29) is 0 Å². The van der Waals surface area contributed by atoms with Crippen molar-refractivity contribution < 1.29 is 4.79 Å². The first-order chi connectivity index (χ1) is 6.74. The smallest absolute Gasteiger partial charge is 0.145 e. The van der Waals surface area contributed by atoms with Gasteiger partial charge in [0.25, 0.3) is 0 Å². The molecule has 2 bridgehead atoms. The summed E-state index contributed by atoms with van der Waals surface area (Å²) in [6.45, 7) is 4.05. The summed E-state index contributed by atoms with van der Waals surface area (Å²) in [6.07, 6.45) is 9.40. The maximum absolute atomic E-state index is 10.6. The van der Waals surface area contributed by atoms with Gasteiger partial charge in [0.2, 0.25) is 0 Å². The van der Waals surface area contributed by atoms with Crippen molar-refractivity contribution in [2.24, 2.45) is 17.8 Å². The van der Waals surface area contributed by atoms with Crippen LogP contribution in [-0.2, 0) is 4.79 Å². The monoisotopic (exact) mass is 190 g/mol. The molecule has 1 nitrogen and oxygen atoms in total. The molecule has 1 heteroatoms. The fourth-order valence-electron chi connectivity index (χ4n) is 3.15. The molecule has 0 radical (unpaired) electrons. The van der Waals surface area contributed by atoms with E-state index in [2.05, 4.69) is 19.1 Å². The van der Waals surface area contributed by atoms with Crippen molar-refractivity contribution in [3.63, 3.8) is 0 Å². The van der Waals surface area contributed by atoms with Gasteiger partial charge in [-0.2, -0.15) is 0 Å². The van der Waals surface area contributed by atoms with Gasteiger partial charge in [0.15, 0.2) is 0 Å². The number of carbonyl (C=O) groups excluding carboxylic acids is 1. The average Bonchev–Trinajstić information content (AvgIpc) is 2.75. The SMILES string of the molecule is C/C=C1\CC2CC(/C=C(/C)C=O)C1C2. The molecule has 2 aliphatic carbocycles. The molecule has 14 heavy (non-hydrogen) atoms. The second-order valence-corrected chi connectivity index (χ2v) is 4.70. The van der Waals surface area contributed by atoms with Crippen molar-refractivity contribution in [3.05, 3.63) is 23.3 Å². The number of rotatable bonds is 2. The quantitative estimate of drug-likeness (QED) is 0.371. The van der Waals surface area contributed by atoms with Crippen LogP contribution in [-0.4, -0.2) is 6.29 Å². The van der Waals surface area contributed by atoms with E-state index < -0.39 is 0 Å². The lowest BCUT2D eigenvalue weighted by atomic mass is 9.84. The summed E-state index contributed by atoms with van der Waals surface area (Å²) in [5.41, 5.74) is 2.53. The van der Waals surface area contributed by atoms with Gasteiger partial charge in [0, 0.05) is 0 Å². The lowest BCUT2D eigenvalue weighted by Crippen LogP contribution is -2.11. The fourth-order valence-corrected chi connectivity index (χ4v) is 3.15. The molecule has 0 saturated heterocycles. The number of hydrogen-bond donors (Lipinski definition) is 0. The Hall–Kier alpha value is -0.850. The topological polar surface area (TPSA) is 17.1 Å². The van der Waals surface area contributed by atoms with Gasteiger partial charge >= 0.3 is 0 Å². The Morgan fingerprint density at radius 1 is 1.43 bits per heavy atom. The first kappa shape index (κ1) is 9.70. The molecule has 0 N–H and O–H groups in total. The van der Waals surface area contributed by atoms with Gasteiger partial charge < -0.3 is 0 Å². The second kappa shape index (κ2) is 3.72. The number of hydrogen-bond acceptors (Lipinski definition) is 1. The van der Waals surface area contributed by atoms with Crippen LogP contribution in [0.1, 0.15) is 33.1 Å². The van der Waals surface area contributed by atoms with E-state index >= 15 is 0 Å². The van der Waals surface area contributed by atoms with Crippen LogP contribution in [0.2, 0.25) is 0 Å². The number of allylic oxidation sites excluding steroid dienone is 4. The van der Waals surface area contributed by atoms with Gasteiger partial charge in [-0.3, -0.25) is 4.79 Å². The number of aldehydes is 1. The summed E-state index contributed by atoms with van der Waals surface area (Å²) in [6, 6.07) is 0. The molecule has 0 aromatic rings. The standard InChI is InChI=1S/C13H18O/c1-3-11-5-10-6-12(13(11)7-10)4-9(2)8-14/h3-4,8,10,12-13H,5-7H2,1-2H3/b9-4-,11-3+. The summed E-state index contributed by atoms with van der Waals surface area (Å²) < 4.78 is 0. The fraction of sp³-hybridized carbons (Fsp3) is 0.615. The maximum Gasteiger partial charge on any atom is 0.145 e. The molecular formula is C13H18O. The third-order valence-corrected chi connectivity index (χ3v) is 3.74.